The van der Waals surface area contributed by atoms with Gasteiger partial charge in [0.25, 0.3) is 0 Å². The Kier molecular flexibility index (Phi) is 4.86. The highest BCUT2D eigenvalue weighted by Crippen LogP contribution is 2.26. The van der Waals surface area contributed by atoms with Gasteiger partial charge in [-0.25, -0.2) is 14.4 Å². The molecule has 4 nitrogen and oxygen atoms in total. The molecule has 1 aromatic carbocycles. The molecule has 1 aliphatic rings. The molecule has 1 N–H and O–H groups in total. The Morgan fingerprint density at radius 1 is 1.17 bits per heavy atom. The van der Waals surface area contributed by atoms with E-state index in [4.69, 9.17) is 4.74 Å². The first-order valence-electron chi connectivity index (χ1n) is 8.06. The monoisotopic (exact) mass is 315 g/mol. The van der Waals surface area contributed by atoms with Crippen molar-refractivity contribution in [3.8, 4) is 0 Å². The zero-order chi connectivity index (χ0) is 16.2. The van der Waals surface area contributed by atoms with Crippen molar-refractivity contribution in [2.45, 2.75) is 38.7 Å². The summed E-state index contributed by atoms with van der Waals surface area (Å²) in [5, 5.41) is 3.41. The molecular formula is C18H22FN3O. The summed E-state index contributed by atoms with van der Waals surface area (Å²) in [5.41, 5.74) is 3.35. The number of halogens is 1. The van der Waals surface area contributed by atoms with Gasteiger partial charge in [-0.05, 0) is 50.3 Å². The van der Waals surface area contributed by atoms with E-state index in [1.54, 1.807) is 19.2 Å². The van der Waals surface area contributed by atoms with Gasteiger partial charge in [0.2, 0.25) is 0 Å². The van der Waals surface area contributed by atoms with Crippen LogP contribution in [-0.2, 0) is 17.6 Å². The molecule has 23 heavy (non-hydrogen) atoms. The van der Waals surface area contributed by atoms with Crippen LogP contribution < -0.4 is 5.32 Å². The van der Waals surface area contributed by atoms with Crippen LogP contribution >= 0.6 is 0 Å². The summed E-state index contributed by atoms with van der Waals surface area (Å²) in [6.45, 7) is 2.51. The predicted molar refractivity (Wildman–Crippen MR) is 88.1 cm³/mol. The van der Waals surface area contributed by atoms with E-state index in [0.29, 0.717) is 6.54 Å². The number of anilines is 1. The predicted octanol–water partition coefficient (Wildman–Crippen LogP) is 3.60. The molecule has 3 rings (SSSR count). The Bertz CT molecular complexity index is 673. The van der Waals surface area contributed by atoms with Crippen molar-refractivity contribution in [2.75, 3.05) is 19.0 Å². The van der Waals surface area contributed by atoms with Crippen molar-refractivity contribution in [1.82, 2.24) is 9.97 Å². The molecule has 1 heterocycles. The second-order valence-electron chi connectivity index (χ2n) is 5.91. The minimum absolute atomic E-state index is 0.148. The molecule has 1 aromatic heterocycles. The number of benzene rings is 1. The maximum atomic E-state index is 13.1. The highest BCUT2D eigenvalue weighted by Gasteiger charge is 2.18. The number of rotatable bonds is 5. The first-order chi connectivity index (χ1) is 11.2. The second-order valence-corrected chi connectivity index (χ2v) is 5.91. The van der Waals surface area contributed by atoms with Crippen LogP contribution in [0.25, 0.3) is 0 Å². The Hall–Kier alpha value is -2.01. The van der Waals surface area contributed by atoms with Crippen LogP contribution in [0.4, 0.5) is 10.2 Å². The lowest BCUT2D eigenvalue weighted by Crippen LogP contribution is -2.19. The third-order valence-corrected chi connectivity index (χ3v) is 4.28. The number of nitrogens with one attached hydrogen (secondary N) is 1. The SMILES string of the molecule is COC(CNc1nc(C)nc2c1CCCC2)c1ccc(F)cc1. The largest absolute Gasteiger partial charge is 0.375 e. The van der Waals surface area contributed by atoms with Gasteiger partial charge in [0, 0.05) is 24.9 Å². The van der Waals surface area contributed by atoms with Gasteiger partial charge in [0.1, 0.15) is 17.5 Å². The molecule has 0 fully saturated rings. The van der Waals surface area contributed by atoms with Crippen LogP contribution in [0.3, 0.4) is 0 Å². The molecule has 0 saturated heterocycles. The van der Waals surface area contributed by atoms with E-state index in [1.165, 1.54) is 36.2 Å². The van der Waals surface area contributed by atoms with Crippen molar-refractivity contribution in [1.29, 1.82) is 0 Å². The summed E-state index contributed by atoms with van der Waals surface area (Å²) in [6.07, 6.45) is 4.27. The van der Waals surface area contributed by atoms with Crippen LogP contribution in [0.5, 0.6) is 0 Å². The van der Waals surface area contributed by atoms with Gasteiger partial charge in [-0.2, -0.15) is 0 Å². The highest BCUT2D eigenvalue weighted by molar-refractivity contribution is 5.48. The normalized spacial score (nSPS) is 15.1. The number of hydrogen-bond donors (Lipinski definition) is 1. The zero-order valence-electron chi connectivity index (χ0n) is 13.6. The molecule has 122 valence electrons. The topological polar surface area (TPSA) is 47.0 Å². The van der Waals surface area contributed by atoms with E-state index in [0.717, 1.165) is 30.0 Å². The van der Waals surface area contributed by atoms with E-state index in [9.17, 15) is 4.39 Å². The second kappa shape index (κ2) is 7.04. The first kappa shape index (κ1) is 15.9. The van der Waals surface area contributed by atoms with E-state index < -0.39 is 0 Å². The van der Waals surface area contributed by atoms with Crippen molar-refractivity contribution in [3.63, 3.8) is 0 Å². The zero-order valence-corrected chi connectivity index (χ0v) is 13.6. The van der Waals surface area contributed by atoms with E-state index in [-0.39, 0.29) is 11.9 Å². The molecule has 0 amide bonds. The Balaban J connectivity index is 1.76. The smallest absolute Gasteiger partial charge is 0.133 e. The van der Waals surface area contributed by atoms with Gasteiger partial charge in [-0.3, -0.25) is 0 Å². The van der Waals surface area contributed by atoms with Gasteiger partial charge < -0.3 is 10.1 Å². The maximum Gasteiger partial charge on any atom is 0.133 e. The Labute approximate surface area is 136 Å². The minimum atomic E-state index is -0.239. The summed E-state index contributed by atoms with van der Waals surface area (Å²) in [6, 6.07) is 6.42. The van der Waals surface area contributed by atoms with Crippen molar-refractivity contribution in [3.05, 3.63) is 52.7 Å². The van der Waals surface area contributed by atoms with Crippen LogP contribution in [0, 0.1) is 12.7 Å². The number of aryl methyl sites for hydroxylation is 2. The van der Waals surface area contributed by atoms with Crippen LogP contribution in [0.2, 0.25) is 0 Å². The molecular weight excluding hydrogens is 293 g/mol. The summed E-state index contributed by atoms with van der Waals surface area (Å²) in [5.74, 6) is 1.47. The van der Waals surface area contributed by atoms with E-state index in [1.807, 2.05) is 6.92 Å². The molecule has 0 spiro atoms. The van der Waals surface area contributed by atoms with Gasteiger partial charge in [-0.15, -0.1) is 0 Å². The Morgan fingerprint density at radius 2 is 1.91 bits per heavy atom. The summed E-state index contributed by atoms with van der Waals surface area (Å²) in [7, 11) is 1.66. The molecule has 0 saturated carbocycles. The van der Waals surface area contributed by atoms with Gasteiger partial charge >= 0.3 is 0 Å². The minimum Gasteiger partial charge on any atom is -0.375 e. The van der Waals surface area contributed by atoms with Crippen molar-refractivity contribution >= 4 is 5.82 Å². The lowest BCUT2D eigenvalue weighted by atomic mass is 9.96. The third kappa shape index (κ3) is 3.67. The van der Waals surface area contributed by atoms with E-state index >= 15 is 0 Å². The number of fused-ring (bicyclic) bond motifs is 1. The van der Waals surface area contributed by atoms with Gasteiger partial charge in [0.05, 0.1) is 6.10 Å². The van der Waals surface area contributed by atoms with Crippen molar-refractivity contribution < 1.29 is 9.13 Å². The fraction of sp³-hybridized carbons (Fsp3) is 0.444. The summed E-state index contributed by atoms with van der Waals surface area (Å²) < 4.78 is 18.6. The maximum absolute atomic E-state index is 13.1. The van der Waals surface area contributed by atoms with Crippen LogP contribution in [0.15, 0.2) is 24.3 Å². The fourth-order valence-corrected chi connectivity index (χ4v) is 3.07. The number of ether oxygens (including phenoxy) is 1. The molecule has 1 aliphatic carbocycles. The Morgan fingerprint density at radius 3 is 2.65 bits per heavy atom. The molecule has 0 bridgehead atoms. The molecule has 0 radical (unpaired) electrons. The number of methoxy groups -OCH3 is 1. The number of hydrogen-bond acceptors (Lipinski definition) is 4. The fourth-order valence-electron chi connectivity index (χ4n) is 3.07. The van der Waals surface area contributed by atoms with Gasteiger partial charge in [-0.1, -0.05) is 12.1 Å². The third-order valence-electron chi connectivity index (χ3n) is 4.28. The lowest BCUT2D eigenvalue weighted by Gasteiger charge is -2.21. The standard InChI is InChI=1S/C18H22FN3O/c1-12-21-16-6-4-3-5-15(16)18(22-12)20-11-17(23-2)13-7-9-14(19)10-8-13/h7-10,17H,3-6,11H2,1-2H3,(H,20,21,22). The average Bonchev–Trinajstić information content (AvgIpc) is 2.56. The summed E-state index contributed by atoms with van der Waals surface area (Å²) in [4.78, 5) is 9.13. The quantitative estimate of drug-likeness (QED) is 0.916. The van der Waals surface area contributed by atoms with Crippen LogP contribution in [-0.4, -0.2) is 23.6 Å². The average molecular weight is 315 g/mol. The number of aromatic nitrogens is 2. The molecule has 2 aromatic rings. The van der Waals surface area contributed by atoms with Crippen molar-refractivity contribution in [2.24, 2.45) is 0 Å². The molecule has 1 atom stereocenters. The number of nitrogens with zero attached hydrogens (tertiary/aromatic N) is 2. The molecule has 0 aliphatic heterocycles. The molecule has 5 heteroatoms. The first-order valence-corrected chi connectivity index (χ1v) is 8.06. The molecule has 1 unspecified atom stereocenters. The summed E-state index contributed by atoms with van der Waals surface area (Å²) >= 11 is 0. The van der Waals surface area contributed by atoms with E-state index in [2.05, 4.69) is 15.3 Å². The van der Waals surface area contributed by atoms with Crippen LogP contribution in [0.1, 0.15) is 41.6 Å². The highest BCUT2D eigenvalue weighted by atomic mass is 19.1. The van der Waals surface area contributed by atoms with Gasteiger partial charge in [0.15, 0.2) is 0 Å². The lowest BCUT2D eigenvalue weighted by molar-refractivity contribution is 0.114.